The topological polar surface area (TPSA) is 40.9 Å². The summed E-state index contributed by atoms with van der Waals surface area (Å²) in [6, 6.07) is 0.901. The van der Waals surface area contributed by atoms with E-state index in [2.05, 4.69) is 0 Å². The van der Waals surface area contributed by atoms with Crippen LogP contribution < -0.4 is 0 Å². The smallest absolute Gasteiger partial charge is 0.300 e. The highest BCUT2D eigenvalue weighted by atomic mass is 19.4. The fourth-order valence-corrected chi connectivity index (χ4v) is 1.26. The molecule has 0 saturated heterocycles. The van der Waals surface area contributed by atoms with Gasteiger partial charge in [-0.15, -0.1) is 0 Å². The molecular weight excluding hydrogens is 209 g/mol. The molecule has 1 rings (SSSR count). The first-order chi connectivity index (χ1) is 6.16. The Morgan fingerprint density at radius 1 is 1.21 bits per heavy atom. The lowest BCUT2D eigenvalue weighted by Gasteiger charge is -2.40. The normalized spacial score (nSPS) is 21.3. The molecule has 14 heavy (non-hydrogen) atoms. The third kappa shape index (κ3) is 1.17. The van der Waals surface area contributed by atoms with E-state index in [1.54, 1.807) is 0 Å². The van der Waals surface area contributed by atoms with Crippen molar-refractivity contribution in [2.75, 3.05) is 0 Å². The van der Waals surface area contributed by atoms with E-state index in [1.165, 1.54) is 0 Å². The van der Waals surface area contributed by atoms with Gasteiger partial charge in [-0.2, -0.15) is 27.2 Å². The van der Waals surface area contributed by atoms with Crippen LogP contribution in [-0.4, -0.2) is 17.9 Å². The summed E-state index contributed by atoms with van der Waals surface area (Å²) in [6.07, 6.45) is -7.85. The van der Waals surface area contributed by atoms with Crippen LogP contribution >= 0.6 is 0 Å². The fraction of sp³-hybridized carbons (Fsp3) is 0.714. The van der Waals surface area contributed by atoms with Gasteiger partial charge in [0, 0.05) is 12.8 Å². The maximum atomic E-state index is 12.7. The first-order valence-corrected chi connectivity index (χ1v) is 3.54. The number of alkyl halides is 5. The number of hydrogen-bond donors (Lipinski definition) is 0. The molecule has 0 aromatic heterocycles. The predicted octanol–water partition coefficient (Wildman–Crippen LogP) is 2.06. The van der Waals surface area contributed by atoms with Gasteiger partial charge in [-0.25, -0.2) is 0 Å². The molecule has 1 aliphatic carbocycles. The van der Waals surface area contributed by atoms with Gasteiger partial charge in [0.05, 0.1) is 6.07 Å². The summed E-state index contributed by atoms with van der Waals surface area (Å²) in [5, 5.41) is 8.27. The Morgan fingerprint density at radius 3 is 1.86 bits per heavy atom. The minimum Gasteiger partial charge on any atom is -0.300 e. The second-order valence-corrected chi connectivity index (χ2v) is 3.16. The maximum Gasteiger partial charge on any atom is 0.455 e. The molecule has 1 aliphatic rings. The molecule has 0 N–H and O–H groups in total. The predicted molar refractivity (Wildman–Crippen MR) is 33.3 cm³/mol. The molecule has 0 radical (unpaired) electrons. The number of nitriles is 1. The third-order valence-corrected chi connectivity index (χ3v) is 2.17. The van der Waals surface area contributed by atoms with Gasteiger partial charge in [0.25, 0.3) is 0 Å². The lowest BCUT2D eigenvalue weighted by Crippen LogP contribution is -2.57. The number of carbonyl (C=O) groups is 1. The van der Waals surface area contributed by atoms with E-state index < -0.39 is 36.1 Å². The van der Waals surface area contributed by atoms with E-state index >= 15 is 0 Å². The van der Waals surface area contributed by atoms with Gasteiger partial charge in [0.15, 0.2) is 0 Å². The van der Waals surface area contributed by atoms with E-state index in [-0.39, 0.29) is 0 Å². The number of Topliss-reactive ketones (excluding diaryl/α,β-unsaturated/α-hetero) is 1. The summed E-state index contributed by atoms with van der Waals surface area (Å²) in [6.45, 7) is 0. The lowest BCUT2D eigenvalue weighted by molar-refractivity contribution is -0.321. The minimum absolute atomic E-state index is 0.754. The van der Waals surface area contributed by atoms with E-state index in [4.69, 9.17) is 5.26 Å². The highest BCUT2D eigenvalue weighted by Gasteiger charge is 2.74. The Hall–Kier alpha value is -1.19. The zero-order valence-corrected chi connectivity index (χ0v) is 6.66. The van der Waals surface area contributed by atoms with Crippen molar-refractivity contribution in [2.24, 2.45) is 5.41 Å². The van der Waals surface area contributed by atoms with Gasteiger partial charge < -0.3 is 0 Å². The van der Waals surface area contributed by atoms with E-state index in [9.17, 15) is 26.7 Å². The molecule has 0 bridgehead atoms. The molecule has 0 unspecified atom stereocenters. The molecule has 0 heterocycles. The number of rotatable bonds is 1. The Morgan fingerprint density at radius 2 is 1.64 bits per heavy atom. The number of ketones is 1. The van der Waals surface area contributed by atoms with Crippen molar-refractivity contribution in [2.45, 2.75) is 24.9 Å². The Kier molecular flexibility index (Phi) is 2.06. The van der Waals surface area contributed by atoms with Gasteiger partial charge in [-0.05, 0) is 0 Å². The number of carbonyl (C=O) groups excluding carboxylic acids is 1. The van der Waals surface area contributed by atoms with Crippen LogP contribution in [0.3, 0.4) is 0 Å². The van der Waals surface area contributed by atoms with Gasteiger partial charge in [0.1, 0.15) is 11.2 Å². The molecule has 1 saturated carbocycles. The molecule has 2 nitrogen and oxygen atoms in total. The van der Waals surface area contributed by atoms with Crippen LogP contribution in [0.4, 0.5) is 22.0 Å². The highest BCUT2D eigenvalue weighted by Crippen LogP contribution is 2.56. The molecule has 78 valence electrons. The van der Waals surface area contributed by atoms with Crippen LogP contribution in [0.5, 0.6) is 0 Å². The summed E-state index contributed by atoms with van der Waals surface area (Å²) >= 11 is 0. The maximum absolute atomic E-state index is 12.7. The molecule has 0 aromatic rings. The highest BCUT2D eigenvalue weighted by molar-refractivity contribution is 5.87. The molecule has 0 amide bonds. The zero-order valence-electron chi connectivity index (χ0n) is 6.66. The van der Waals surface area contributed by atoms with Crippen molar-refractivity contribution < 1.29 is 26.7 Å². The first kappa shape index (κ1) is 10.9. The van der Waals surface area contributed by atoms with Crippen molar-refractivity contribution in [1.82, 2.24) is 0 Å². The monoisotopic (exact) mass is 213 g/mol. The van der Waals surface area contributed by atoms with Crippen molar-refractivity contribution in [3.05, 3.63) is 0 Å². The van der Waals surface area contributed by atoms with Crippen LogP contribution in [0.1, 0.15) is 12.8 Å². The lowest BCUT2D eigenvalue weighted by atomic mass is 9.64. The standard InChI is InChI=1S/C7H4F5NO/c8-6(9,7(10,11)12)5(3-13)1-4(14)2-5/h1-2H2. The molecular formula is C7H4F5NO. The fourth-order valence-electron chi connectivity index (χ4n) is 1.26. The van der Waals surface area contributed by atoms with Crippen molar-refractivity contribution in [3.8, 4) is 6.07 Å². The average Bonchev–Trinajstić information content (AvgIpc) is 1.95. The Labute approximate surface area is 75.3 Å². The number of halogens is 5. The van der Waals surface area contributed by atoms with Crippen LogP contribution in [0, 0.1) is 16.7 Å². The molecule has 7 heteroatoms. The summed E-state index contributed by atoms with van der Waals surface area (Å²) in [7, 11) is 0. The summed E-state index contributed by atoms with van der Waals surface area (Å²) < 4.78 is 61.0. The first-order valence-electron chi connectivity index (χ1n) is 3.54. The van der Waals surface area contributed by atoms with Crippen molar-refractivity contribution >= 4 is 5.78 Å². The molecule has 0 spiro atoms. The van der Waals surface area contributed by atoms with Crippen LogP contribution in [0.25, 0.3) is 0 Å². The largest absolute Gasteiger partial charge is 0.455 e. The minimum atomic E-state index is -5.79. The van der Waals surface area contributed by atoms with E-state index in [0.717, 1.165) is 6.07 Å². The Balaban J connectivity index is 3.04. The van der Waals surface area contributed by atoms with Crippen LogP contribution in [-0.2, 0) is 4.79 Å². The van der Waals surface area contributed by atoms with Crippen molar-refractivity contribution in [1.29, 1.82) is 5.26 Å². The molecule has 0 aromatic carbocycles. The summed E-state index contributed by atoms with van der Waals surface area (Å²) in [5.41, 5.74) is -2.89. The quantitative estimate of drug-likeness (QED) is 0.625. The van der Waals surface area contributed by atoms with Gasteiger partial charge in [-0.3, -0.25) is 4.79 Å². The second kappa shape index (κ2) is 2.65. The molecule has 1 fully saturated rings. The average molecular weight is 213 g/mol. The summed E-state index contributed by atoms with van der Waals surface area (Å²) in [5.74, 6) is -5.88. The van der Waals surface area contributed by atoms with Gasteiger partial charge >= 0.3 is 12.1 Å². The van der Waals surface area contributed by atoms with E-state index in [1.807, 2.05) is 0 Å². The second-order valence-electron chi connectivity index (χ2n) is 3.16. The third-order valence-electron chi connectivity index (χ3n) is 2.17. The SMILES string of the molecule is N#CC1(C(F)(F)C(F)(F)F)CC(=O)C1. The van der Waals surface area contributed by atoms with E-state index in [0.29, 0.717) is 0 Å². The number of nitrogens with zero attached hydrogens (tertiary/aromatic N) is 1. The van der Waals surface area contributed by atoms with Crippen LogP contribution in [0.2, 0.25) is 0 Å². The van der Waals surface area contributed by atoms with Gasteiger partial charge in [0.2, 0.25) is 0 Å². The molecule has 0 atom stereocenters. The van der Waals surface area contributed by atoms with Gasteiger partial charge in [-0.1, -0.05) is 0 Å². The molecule has 0 aliphatic heterocycles. The van der Waals surface area contributed by atoms with Crippen LogP contribution in [0.15, 0.2) is 0 Å². The number of hydrogen-bond acceptors (Lipinski definition) is 2. The Bertz CT molecular complexity index is 305. The van der Waals surface area contributed by atoms with Crippen molar-refractivity contribution in [3.63, 3.8) is 0 Å². The summed E-state index contributed by atoms with van der Waals surface area (Å²) in [4.78, 5) is 10.4. The zero-order chi connectivity index (χ0) is 11.2.